The van der Waals surface area contributed by atoms with Gasteiger partial charge in [-0.05, 0) is 19.4 Å². The van der Waals surface area contributed by atoms with Crippen molar-refractivity contribution >= 4 is 17.6 Å². The number of rotatable bonds is 7. The van der Waals surface area contributed by atoms with Crippen molar-refractivity contribution in [1.29, 1.82) is 0 Å². The summed E-state index contributed by atoms with van der Waals surface area (Å²) >= 11 is 0. The van der Waals surface area contributed by atoms with Gasteiger partial charge in [0, 0.05) is 17.1 Å². The summed E-state index contributed by atoms with van der Waals surface area (Å²) in [6.07, 6.45) is 0. The summed E-state index contributed by atoms with van der Waals surface area (Å²) in [5.74, 6) is -3.17. The monoisotopic (exact) mass is 352 g/mol. The first-order valence-corrected chi connectivity index (χ1v) is 7.54. The topological polar surface area (TPSA) is 139 Å². The lowest BCUT2D eigenvalue weighted by Crippen LogP contribution is -2.35. The number of benzene rings is 1. The minimum Gasteiger partial charge on any atom is -0.465 e. The van der Waals surface area contributed by atoms with E-state index < -0.39 is 39.2 Å². The highest BCUT2D eigenvalue weighted by molar-refractivity contribution is 6.06. The van der Waals surface area contributed by atoms with Crippen molar-refractivity contribution < 1.29 is 28.9 Å². The van der Waals surface area contributed by atoms with Crippen LogP contribution in [0, 0.1) is 25.6 Å². The smallest absolute Gasteiger partial charge is 0.331 e. The minimum atomic E-state index is -2.08. The van der Waals surface area contributed by atoms with Gasteiger partial charge in [-0.25, -0.2) is 0 Å². The lowest BCUT2D eigenvalue weighted by molar-refractivity contribution is -0.501. The Bertz CT molecular complexity index is 697. The first kappa shape index (κ1) is 18.3. The van der Waals surface area contributed by atoms with Gasteiger partial charge >= 0.3 is 11.9 Å². The van der Waals surface area contributed by atoms with Crippen molar-refractivity contribution in [3.63, 3.8) is 0 Å². The predicted octanol–water partition coefficient (Wildman–Crippen LogP) is 1.45. The number of hydrogen-bond donors (Lipinski definition) is 0. The highest BCUT2D eigenvalue weighted by Crippen LogP contribution is 2.62. The Labute approximate surface area is 142 Å². The van der Waals surface area contributed by atoms with Gasteiger partial charge < -0.3 is 9.47 Å². The van der Waals surface area contributed by atoms with Crippen LogP contribution in [-0.2, 0) is 19.1 Å². The van der Waals surface area contributed by atoms with Crippen LogP contribution in [0.25, 0.3) is 0 Å². The van der Waals surface area contributed by atoms with Gasteiger partial charge in [0.1, 0.15) is 0 Å². The van der Waals surface area contributed by atoms with Crippen LogP contribution in [0.15, 0.2) is 24.3 Å². The lowest BCUT2D eigenvalue weighted by atomic mass is 9.99. The van der Waals surface area contributed by atoms with E-state index in [1.165, 1.54) is 26.0 Å². The first-order valence-electron chi connectivity index (χ1n) is 7.54. The fourth-order valence-electron chi connectivity index (χ4n) is 2.99. The predicted molar refractivity (Wildman–Crippen MR) is 82.3 cm³/mol. The van der Waals surface area contributed by atoms with Crippen LogP contribution in [0.3, 0.4) is 0 Å². The molecular formula is C15H16N2O8. The molecule has 0 aromatic heterocycles. The third-order valence-corrected chi connectivity index (χ3v) is 4.08. The van der Waals surface area contributed by atoms with Gasteiger partial charge in [0.2, 0.25) is 11.5 Å². The minimum absolute atomic E-state index is 0.0581. The van der Waals surface area contributed by atoms with Gasteiger partial charge in [-0.2, -0.15) is 0 Å². The quantitative estimate of drug-likeness (QED) is 0.311. The van der Waals surface area contributed by atoms with Crippen LogP contribution in [-0.4, -0.2) is 41.0 Å². The fourth-order valence-corrected chi connectivity index (χ4v) is 2.99. The second-order valence-corrected chi connectivity index (χ2v) is 5.37. The first-order chi connectivity index (χ1) is 11.8. The molecule has 1 aliphatic carbocycles. The van der Waals surface area contributed by atoms with Crippen LogP contribution in [0.5, 0.6) is 0 Å². The van der Waals surface area contributed by atoms with Gasteiger partial charge in [-0.15, -0.1) is 0 Å². The van der Waals surface area contributed by atoms with Gasteiger partial charge in [-0.3, -0.25) is 29.8 Å². The molecule has 1 aromatic rings. The molecule has 0 spiro atoms. The Morgan fingerprint density at radius 2 is 1.52 bits per heavy atom. The van der Waals surface area contributed by atoms with E-state index in [0.717, 1.165) is 12.1 Å². The molecule has 2 rings (SSSR count). The molecule has 2 atom stereocenters. The molecule has 0 radical (unpaired) electrons. The molecule has 0 N–H and O–H groups in total. The number of nitro benzene ring substituents is 1. The molecule has 0 bridgehead atoms. The fraction of sp³-hybridized carbons (Fsp3) is 0.467. The molecular weight excluding hydrogens is 336 g/mol. The van der Waals surface area contributed by atoms with Gasteiger partial charge in [-0.1, -0.05) is 12.1 Å². The molecule has 1 saturated carbocycles. The normalized spacial score (nSPS) is 20.4. The second kappa shape index (κ2) is 6.83. The molecule has 1 fully saturated rings. The molecule has 0 saturated heterocycles. The van der Waals surface area contributed by atoms with E-state index in [1.54, 1.807) is 0 Å². The Kier molecular flexibility index (Phi) is 5.00. The number of nitrogens with zero attached hydrogens (tertiary/aromatic N) is 2. The zero-order chi connectivity index (χ0) is 18.8. The van der Waals surface area contributed by atoms with E-state index in [2.05, 4.69) is 0 Å². The zero-order valence-electron chi connectivity index (χ0n) is 13.5. The summed E-state index contributed by atoms with van der Waals surface area (Å²) in [5, 5.41) is 22.2. The van der Waals surface area contributed by atoms with Crippen molar-refractivity contribution in [2.75, 3.05) is 13.2 Å². The van der Waals surface area contributed by atoms with E-state index in [0.29, 0.717) is 0 Å². The Hall–Kier alpha value is -3.04. The average Bonchev–Trinajstić information content (AvgIpc) is 3.27. The highest BCUT2D eigenvalue weighted by atomic mass is 16.6. The molecule has 1 aromatic carbocycles. The van der Waals surface area contributed by atoms with Gasteiger partial charge in [0.05, 0.1) is 24.1 Å². The van der Waals surface area contributed by atoms with E-state index in [4.69, 9.17) is 9.47 Å². The zero-order valence-corrected chi connectivity index (χ0v) is 13.5. The second-order valence-electron chi connectivity index (χ2n) is 5.37. The van der Waals surface area contributed by atoms with Crippen LogP contribution in [0.4, 0.5) is 5.69 Å². The van der Waals surface area contributed by atoms with Crippen molar-refractivity contribution in [3.8, 4) is 0 Å². The van der Waals surface area contributed by atoms with Crippen molar-refractivity contribution in [2.24, 2.45) is 5.41 Å². The summed E-state index contributed by atoms with van der Waals surface area (Å²) in [4.78, 5) is 45.6. The van der Waals surface area contributed by atoms with Crippen LogP contribution in [0.1, 0.15) is 25.3 Å². The number of carbonyl (C=O) groups excluding carboxylic acids is 2. The number of ether oxygens (including phenoxy) is 2. The Morgan fingerprint density at radius 3 is 1.88 bits per heavy atom. The SMILES string of the molecule is CCOC(=O)C1(C(=O)OCC)[C@H](c2ccc([N+](=O)[O-])cc2)[C@H]1[N+](=O)[O-]. The summed E-state index contributed by atoms with van der Waals surface area (Å²) in [5.41, 5.74) is -2.03. The maximum absolute atomic E-state index is 12.4. The molecule has 0 amide bonds. The van der Waals surface area contributed by atoms with Gasteiger partial charge in [0.15, 0.2) is 0 Å². The maximum Gasteiger partial charge on any atom is 0.331 e. The molecule has 0 unspecified atom stereocenters. The summed E-state index contributed by atoms with van der Waals surface area (Å²) in [6, 6.07) is 3.35. The van der Waals surface area contributed by atoms with E-state index in [1.807, 2.05) is 0 Å². The van der Waals surface area contributed by atoms with Crippen LogP contribution in [0.2, 0.25) is 0 Å². The van der Waals surface area contributed by atoms with E-state index in [9.17, 15) is 29.8 Å². The van der Waals surface area contributed by atoms with Gasteiger partial charge in [0.25, 0.3) is 5.69 Å². The maximum atomic E-state index is 12.4. The van der Waals surface area contributed by atoms with Crippen LogP contribution >= 0.6 is 0 Å². The molecule has 1 aliphatic rings. The van der Waals surface area contributed by atoms with Crippen molar-refractivity contribution in [2.45, 2.75) is 25.8 Å². The number of carbonyl (C=O) groups is 2. The molecule has 10 heteroatoms. The number of hydrogen-bond acceptors (Lipinski definition) is 8. The lowest BCUT2D eigenvalue weighted by Gasteiger charge is -2.13. The number of esters is 2. The standard InChI is InChI=1S/C15H16N2O8/c1-3-24-13(18)15(14(19)25-4-2)11(12(15)17(22)23)9-5-7-10(8-6-9)16(20)21/h5-8,11-12H,3-4H2,1-2H3/t11-,12-/m1/s1. The Balaban J connectivity index is 2.49. The average molecular weight is 352 g/mol. The van der Waals surface area contributed by atoms with E-state index in [-0.39, 0.29) is 24.5 Å². The summed E-state index contributed by atoms with van der Waals surface area (Å²) in [7, 11) is 0. The third kappa shape index (κ3) is 2.90. The molecule has 10 nitrogen and oxygen atoms in total. The summed E-state index contributed by atoms with van der Waals surface area (Å²) in [6.45, 7) is 2.91. The molecule has 134 valence electrons. The number of non-ortho nitro benzene ring substituents is 1. The highest BCUT2D eigenvalue weighted by Gasteiger charge is 2.85. The van der Waals surface area contributed by atoms with Crippen molar-refractivity contribution in [1.82, 2.24) is 0 Å². The van der Waals surface area contributed by atoms with E-state index >= 15 is 0 Å². The largest absolute Gasteiger partial charge is 0.465 e. The molecule has 25 heavy (non-hydrogen) atoms. The molecule has 0 aliphatic heterocycles. The third-order valence-electron chi connectivity index (χ3n) is 4.08. The van der Waals surface area contributed by atoms with Crippen LogP contribution < -0.4 is 0 Å². The Morgan fingerprint density at radius 1 is 1.04 bits per heavy atom. The number of nitro groups is 2. The van der Waals surface area contributed by atoms with Crippen molar-refractivity contribution in [3.05, 3.63) is 50.1 Å². The summed E-state index contributed by atoms with van der Waals surface area (Å²) < 4.78 is 9.76. The molecule has 0 heterocycles.